The molecule has 0 atom stereocenters. The Morgan fingerprint density at radius 2 is 1.50 bits per heavy atom. The van der Waals surface area contributed by atoms with Crippen molar-refractivity contribution in [2.75, 3.05) is 31.1 Å². The second kappa shape index (κ2) is 10.2. The van der Waals surface area contributed by atoms with Crippen LogP contribution >= 0.6 is 11.6 Å². The fourth-order valence-corrected chi connectivity index (χ4v) is 4.95. The van der Waals surface area contributed by atoms with Gasteiger partial charge in [0.05, 0.1) is 16.8 Å². The van der Waals surface area contributed by atoms with Crippen molar-refractivity contribution in [1.82, 2.24) is 9.47 Å². The summed E-state index contributed by atoms with van der Waals surface area (Å²) in [5.41, 5.74) is 3.03. The number of carbonyl (C=O) groups is 1. The number of aromatic nitrogens is 1. The smallest absolute Gasteiger partial charge is 0.368 e. The van der Waals surface area contributed by atoms with Crippen LogP contribution in [0.15, 0.2) is 78.9 Å². The van der Waals surface area contributed by atoms with E-state index in [1.165, 1.54) is 18.2 Å². The maximum absolute atomic E-state index is 14.1. The first-order valence-electron chi connectivity index (χ1n) is 12.1. The largest absolute Gasteiger partial charge is 0.416 e. The summed E-state index contributed by atoms with van der Waals surface area (Å²) in [7, 11) is 0. The summed E-state index contributed by atoms with van der Waals surface area (Å²) >= 11 is 6.08. The summed E-state index contributed by atoms with van der Waals surface area (Å²) in [4.78, 5) is 17.2. The van der Waals surface area contributed by atoms with Crippen molar-refractivity contribution in [2.24, 2.45) is 0 Å². The summed E-state index contributed by atoms with van der Waals surface area (Å²) in [5, 5.41) is 0.573. The zero-order chi connectivity index (χ0) is 27.0. The van der Waals surface area contributed by atoms with E-state index in [2.05, 4.69) is 0 Å². The van der Waals surface area contributed by atoms with Crippen LogP contribution in [0.25, 0.3) is 16.9 Å². The Bertz CT molecular complexity index is 1470. The molecular formula is C29H24ClF4N3O. The summed E-state index contributed by atoms with van der Waals surface area (Å²) in [6.07, 6.45) is -4.41. The van der Waals surface area contributed by atoms with Crippen LogP contribution in [0.2, 0.25) is 5.02 Å². The molecule has 3 aromatic carbocycles. The highest BCUT2D eigenvalue weighted by Gasteiger charge is 2.32. The zero-order valence-corrected chi connectivity index (χ0v) is 21.2. The first-order chi connectivity index (χ1) is 18.1. The molecule has 2 heterocycles. The molecule has 4 aromatic rings. The van der Waals surface area contributed by atoms with E-state index in [1.807, 2.05) is 28.5 Å². The minimum Gasteiger partial charge on any atom is -0.368 e. The molecule has 0 bridgehead atoms. The second-order valence-corrected chi connectivity index (χ2v) is 9.61. The normalized spacial score (nSPS) is 14.2. The number of amides is 1. The maximum atomic E-state index is 14.1. The van der Waals surface area contributed by atoms with Crippen molar-refractivity contribution in [3.8, 4) is 16.9 Å². The number of hydrogen-bond acceptors (Lipinski definition) is 2. The molecule has 1 aromatic heterocycles. The van der Waals surface area contributed by atoms with Crippen LogP contribution in [0.3, 0.4) is 0 Å². The molecule has 0 N–H and O–H groups in total. The Morgan fingerprint density at radius 1 is 0.842 bits per heavy atom. The fraction of sp³-hybridized carbons (Fsp3) is 0.207. The number of hydrogen-bond donors (Lipinski definition) is 0. The molecule has 1 fully saturated rings. The van der Waals surface area contributed by atoms with E-state index in [9.17, 15) is 22.4 Å². The van der Waals surface area contributed by atoms with E-state index in [-0.39, 0.29) is 5.91 Å². The molecule has 1 aliphatic heterocycles. The lowest BCUT2D eigenvalue weighted by Crippen LogP contribution is -2.49. The molecule has 0 saturated carbocycles. The van der Waals surface area contributed by atoms with Crippen molar-refractivity contribution in [1.29, 1.82) is 0 Å². The van der Waals surface area contributed by atoms with Gasteiger partial charge in [-0.15, -0.1) is 0 Å². The quantitative estimate of drug-likeness (QED) is 0.255. The highest BCUT2D eigenvalue weighted by Crippen LogP contribution is 2.33. The van der Waals surface area contributed by atoms with E-state index < -0.39 is 17.6 Å². The second-order valence-electron chi connectivity index (χ2n) is 9.18. The predicted octanol–water partition coefficient (Wildman–Crippen LogP) is 7.23. The van der Waals surface area contributed by atoms with Gasteiger partial charge in [-0.2, -0.15) is 13.2 Å². The van der Waals surface area contributed by atoms with E-state index in [1.54, 1.807) is 41.3 Å². The number of anilines is 1. The third-order valence-corrected chi connectivity index (χ3v) is 7.04. The van der Waals surface area contributed by atoms with E-state index in [4.69, 9.17) is 11.6 Å². The molecule has 1 amide bonds. The summed E-state index contributed by atoms with van der Waals surface area (Å²) in [6, 6.07) is 20.4. The standard InChI is InChI=1S/C29H24ClF4N3O/c1-19-26(18-27(20-8-10-22(30)11-9-20)37(19)25-7-3-5-23(31)17-25)28(38)36-14-12-35(13-15-36)24-6-2-4-21(16-24)29(32,33)34/h2-11,16-18H,12-15H2,1H3. The first kappa shape index (κ1) is 25.9. The van der Waals surface area contributed by atoms with Gasteiger partial charge >= 0.3 is 6.18 Å². The number of piperazine rings is 1. The van der Waals surface area contributed by atoms with Crippen LogP contribution in [0.1, 0.15) is 21.6 Å². The molecular weight excluding hydrogens is 518 g/mol. The minimum atomic E-state index is -4.41. The lowest BCUT2D eigenvalue weighted by Gasteiger charge is -2.36. The number of benzene rings is 3. The van der Waals surface area contributed by atoms with Crippen LogP contribution in [0.4, 0.5) is 23.2 Å². The summed E-state index contributed by atoms with van der Waals surface area (Å²) in [6.45, 7) is 3.34. The summed E-state index contributed by atoms with van der Waals surface area (Å²) in [5.74, 6) is -0.576. The van der Waals surface area contributed by atoms with Crippen LogP contribution in [0, 0.1) is 12.7 Å². The SMILES string of the molecule is Cc1c(C(=O)N2CCN(c3cccc(C(F)(F)F)c3)CC2)cc(-c2ccc(Cl)cc2)n1-c1cccc(F)c1. The van der Waals surface area contributed by atoms with Gasteiger partial charge in [-0.3, -0.25) is 4.79 Å². The average molecular weight is 542 g/mol. The summed E-state index contributed by atoms with van der Waals surface area (Å²) < 4.78 is 55.4. The molecule has 196 valence electrons. The van der Waals surface area contributed by atoms with Crippen LogP contribution in [0.5, 0.6) is 0 Å². The zero-order valence-electron chi connectivity index (χ0n) is 20.5. The van der Waals surface area contributed by atoms with Crippen molar-refractivity contribution in [2.45, 2.75) is 13.1 Å². The predicted molar refractivity (Wildman–Crippen MR) is 140 cm³/mol. The monoisotopic (exact) mass is 541 g/mol. The van der Waals surface area contributed by atoms with Gasteiger partial charge in [-0.05, 0) is 67.1 Å². The molecule has 5 rings (SSSR count). The van der Waals surface area contributed by atoms with Gasteiger partial charge in [0.25, 0.3) is 5.91 Å². The van der Waals surface area contributed by atoms with Gasteiger partial charge < -0.3 is 14.4 Å². The molecule has 0 radical (unpaired) electrons. The first-order valence-corrected chi connectivity index (χ1v) is 12.5. The maximum Gasteiger partial charge on any atom is 0.416 e. The number of rotatable bonds is 4. The number of carbonyl (C=O) groups excluding carboxylic acids is 1. The minimum absolute atomic E-state index is 0.184. The molecule has 38 heavy (non-hydrogen) atoms. The van der Waals surface area contributed by atoms with Crippen molar-refractivity contribution in [3.63, 3.8) is 0 Å². The van der Waals surface area contributed by atoms with Crippen molar-refractivity contribution < 1.29 is 22.4 Å². The Labute approximate surface area is 222 Å². The third-order valence-electron chi connectivity index (χ3n) is 6.79. The van der Waals surface area contributed by atoms with Gasteiger partial charge in [0.15, 0.2) is 0 Å². The number of nitrogens with zero attached hydrogens (tertiary/aromatic N) is 3. The lowest BCUT2D eigenvalue weighted by molar-refractivity contribution is -0.137. The molecule has 0 unspecified atom stereocenters. The Balaban J connectivity index is 1.42. The molecule has 1 aliphatic rings. The topological polar surface area (TPSA) is 28.5 Å². The Kier molecular flexibility index (Phi) is 6.92. The van der Waals surface area contributed by atoms with Gasteiger partial charge in [0.1, 0.15) is 5.82 Å². The van der Waals surface area contributed by atoms with Gasteiger partial charge in [0, 0.05) is 48.3 Å². The molecule has 0 spiro atoms. The van der Waals surface area contributed by atoms with Crippen LogP contribution in [-0.4, -0.2) is 41.6 Å². The van der Waals surface area contributed by atoms with E-state index in [0.717, 1.165) is 23.4 Å². The Hall–Kier alpha value is -3.78. The van der Waals surface area contributed by atoms with E-state index >= 15 is 0 Å². The molecule has 1 saturated heterocycles. The van der Waals surface area contributed by atoms with Gasteiger partial charge in [-0.25, -0.2) is 4.39 Å². The lowest BCUT2D eigenvalue weighted by atomic mass is 10.1. The third kappa shape index (κ3) is 5.13. The molecule has 9 heteroatoms. The highest BCUT2D eigenvalue weighted by molar-refractivity contribution is 6.30. The Morgan fingerprint density at radius 3 is 2.16 bits per heavy atom. The van der Waals surface area contributed by atoms with Crippen LogP contribution in [-0.2, 0) is 6.18 Å². The van der Waals surface area contributed by atoms with Crippen molar-refractivity contribution >= 4 is 23.2 Å². The number of halogens is 5. The number of alkyl halides is 3. The average Bonchev–Trinajstić information content (AvgIpc) is 3.25. The van der Waals surface area contributed by atoms with Gasteiger partial charge in [-0.1, -0.05) is 35.9 Å². The molecule has 0 aliphatic carbocycles. The van der Waals surface area contributed by atoms with E-state index in [0.29, 0.717) is 53.8 Å². The van der Waals surface area contributed by atoms with Crippen molar-refractivity contribution in [3.05, 3.63) is 107 Å². The fourth-order valence-electron chi connectivity index (χ4n) is 4.82. The highest BCUT2D eigenvalue weighted by atomic mass is 35.5. The molecule has 4 nitrogen and oxygen atoms in total. The van der Waals surface area contributed by atoms with Gasteiger partial charge in [0.2, 0.25) is 0 Å². The van der Waals surface area contributed by atoms with Crippen LogP contribution < -0.4 is 4.90 Å².